The minimum Gasteiger partial charge on any atom is -0.361 e. The molecule has 0 aliphatic rings. The van der Waals surface area contributed by atoms with Crippen molar-refractivity contribution in [3.63, 3.8) is 0 Å². The Morgan fingerprint density at radius 2 is 1.94 bits per heavy atom. The molecule has 0 aliphatic carbocycles. The van der Waals surface area contributed by atoms with Gasteiger partial charge in [-0.25, -0.2) is 17.7 Å². The molecule has 1 amide bonds. The van der Waals surface area contributed by atoms with E-state index in [1.54, 1.807) is 18.2 Å². The van der Waals surface area contributed by atoms with Gasteiger partial charge in [-0.15, -0.1) is 0 Å². The van der Waals surface area contributed by atoms with Crippen LogP contribution in [0, 0.1) is 0 Å². The molecule has 2 aromatic heterocycles. The Hall–Kier alpha value is -3.17. The molecule has 0 fully saturated rings. The zero-order valence-corrected chi connectivity index (χ0v) is 19.2. The van der Waals surface area contributed by atoms with Gasteiger partial charge in [0.05, 0.1) is 15.9 Å². The maximum absolute atomic E-state index is 12.4. The number of amides is 1. The van der Waals surface area contributed by atoms with Gasteiger partial charge in [-0.3, -0.25) is 4.79 Å². The number of carbonyl (C=O) groups is 1. The third-order valence-electron chi connectivity index (χ3n) is 5.69. The number of aromatic nitrogens is 3. The smallest absolute Gasteiger partial charge is 0.242 e. The number of benzene rings is 2. The van der Waals surface area contributed by atoms with E-state index in [-0.39, 0.29) is 10.8 Å². The monoisotopic (exact) mass is 453 g/mol. The molecular weight excluding hydrogens is 426 g/mol. The highest BCUT2D eigenvalue weighted by molar-refractivity contribution is 7.89. The zero-order chi connectivity index (χ0) is 22.9. The van der Waals surface area contributed by atoms with Gasteiger partial charge in [0, 0.05) is 57.6 Å². The van der Waals surface area contributed by atoms with E-state index in [2.05, 4.69) is 21.4 Å². The summed E-state index contributed by atoms with van der Waals surface area (Å²) in [6, 6.07) is 13.0. The molecule has 0 spiro atoms. The van der Waals surface area contributed by atoms with Crippen molar-refractivity contribution in [1.29, 1.82) is 0 Å². The summed E-state index contributed by atoms with van der Waals surface area (Å²) in [6.07, 6.45) is 3.53. The normalized spacial score (nSPS) is 12.1. The van der Waals surface area contributed by atoms with Crippen LogP contribution in [-0.4, -0.2) is 53.8 Å². The molecule has 0 saturated heterocycles. The van der Waals surface area contributed by atoms with Gasteiger partial charge in [0.15, 0.2) is 0 Å². The summed E-state index contributed by atoms with van der Waals surface area (Å²) in [5.41, 5.74) is 3.71. The lowest BCUT2D eigenvalue weighted by Crippen LogP contribution is -2.26. The molecule has 8 nitrogen and oxygen atoms in total. The third-order valence-corrected chi connectivity index (χ3v) is 7.50. The highest BCUT2D eigenvalue weighted by Crippen LogP contribution is 2.22. The number of para-hydroxylation sites is 1. The largest absolute Gasteiger partial charge is 0.361 e. The first kappa shape index (κ1) is 22.0. The summed E-state index contributed by atoms with van der Waals surface area (Å²) in [7, 11) is 1.35. The van der Waals surface area contributed by atoms with E-state index in [9.17, 15) is 13.2 Å². The highest BCUT2D eigenvalue weighted by Gasteiger charge is 2.19. The Bertz CT molecular complexity index is 1390. The summed E-state index contributed by atoms with van der Waals surface area (Å²) in [5, 5.41) is 4.15. The van der Waals surface area contributed by atoms with Crippen molar-refractivity contribution in [1.82, 2.24) is 24.2 Å². The van der Waals surface area contributed by atoms with E-state index in [0.29, 0.717) is 24.9 Å². The molecule has 9 heteroatoms. The predicted octanol–water partition coefficient (Wildman–Crippen LogP) is 2.60. The van der Waals surface area contributed by atoms with E-state index < -0.39 is 10.0 Å². The van der Waals surface area contributed by atoms with Gasteiger partial charge < -0.3 is 14.9 Å². The van der Waals surface area contributed by atoms with Crippen molar-refractivity contribution in [2.45, 2.75) is 24.2 Å². The number of nitrogens with one attached hydrogen (secondary N) is 2. The average molecular weight is 454 g/mol. The first-order chi connectivity index (χ1) is 15.3. The van der Waals surface area contributed by atoms with Crippen LogP contribution in [0.4, 0.5) is 0 Å². The Morgan fingerprint density at radius 1 is 1.16 bits per heavy atom. The van der Waals surface area contributed by atoms with Crippen LogP contribution < -0.4 is 5.32 Å². The first-order valence-electron chi connectivity index (χ1n) is 10.5. The van der Waals surface area contributed by atoms with Gasteiger partial charge >= 0.3 is 0 Å². The van der Waals surface area contributed by atoms with Crippen LogP contribution in [-0.2, 0) is 34.7 Å². The van der Waals surface area contributed by atoms with Gasteiger partial charge in [0.25, 0.3) is 0 Å². The van der Waals surface area contributed by atoms with E-state index in [1.807, 2.05) is 36.0 Å². The maximum Gasteiger partial charge on any atom is 0.242 e. The number of aryl methyl sites for hydroxylation is 2. The summed E-state index contributed by atoms with van der Waals surface area (Å²) in [6.45, 7) is 0.564. The molecular formula is C23H27N5O3S. The van der Waals surface area contributed by atoms with E-state index >= 15 is 0 Å². The topological polar surface area (TPSA) is 100 Å². The molecule has 0 atom stereocenters. The van der Waals surface area contributed by atoms with Gasteiger partial charge in [0.2, 0.25) is 15.9 Å². The number of carbonyl (C=O) groups excluding carboxylic acids is 1. The maximum atomic E-state index is 12.4. The molecule has 0 bridgehead atoms. The molecule has 2 aromatic carbocycles. The second kappa shape index (κ2) is 8.76. The summed E-state index contributed by atoms with van der Waals surface area (Å²) < 4.78 is 27.8. The number of H-pyrrole nitrogens is 1. The lowest BCUT2D eigenvalue weighted by molar-refractivity contribution is -0.121. The van der Waals surface area contributed by atoms with Gasteiger partial charge in [0.1, 0.15) is 5.82 Å². The number of fused-ring (bicyclic) bond motifs is 2. The fourth-order valence-corrected chi connectivity index (χ4v) is 4.74. The number of hydrogen-bond acceptors (Lipinski definition) is 4. The second-order valence-electron chi connectivity index (χ2n) is 7.98. The number of rotatable bonds is 8. The third kappa shape index (κ3) is 4.26. The van der Waals surface area contributed by atoms with Crippen molar-refractivity contribution in [2.75, 3.05) is 20.6 Å². The predicted molar refractivity (Wildman–Crippen MR) is 125 cm³/mol. The van der Waals surface area contributed by atoms with Crippen molar-refractivity contribution in [2.24, 2.45) is 7.05 Å². The molecule has 0 saturated carbocycles. The Morgan fingerprint density at radius 3 is 2.72 bits per heavy atom. The average Bonchev–Trinajstić information content (AvgIpc) is 3.33. The molecule has 2 heterocycles. The van der Waals surface area contributed by atoms with Crippen LogP contribution in [0.15, 0.2) is 53.6 Å². The number of hydrogen-bond donors (Lipinski definition) is 2. The lowest BCUT2D eigenvalue weighted by atomic mass is 10.1. The van der Waals surface area contributed by atoms with Crippen molar-refractivity contribution < 1.29 is 13.2 Å². The minimum absolute atomic E-state index is 0.0345. The van der Waals surface area contributed by atoms with Crippen LogP contribution in [0.25, 0.3) is 21.9 Å². The molecule has 0 radical (unpaired) electrons. The number of sulfonamides is 1. The molecule has 0 unspecified atom stereocenters. The van der Waals surface area contributed by atoms with Crippen molar-refractivity contribution >= 4 is 37.9 Å². The molecule has 4 rings (SSSR count). The van der Waals surface area contributed by atoms with Gasteiger partial charge in [-0.1, -0.05) is 18.2 Å². The number of imidazole rings is 1. The quantitative estimate of drug-likeness (QED) is 0.428. The molecule has 0 aliphatic heterocycles. The molecule has 32 heavy (non-hydrogen) atoms. The van der Waals surface area contributed by atoms with E-state index in [1.165, 1.54) is 29.4 Å². The number of nitrogens with zero attached hydrogens (tertiary/aromatic N) is 3. The van der Waals surface area contributed by atoms with Gasteiger partial charge in [-0.2, -0.15) is 0 Å². The SMILES string of the molecule is CN(C)S(=O)(=O)c1ccc2c(c1)nc(CCC(=O)NCCc1c[nH]c3ccccc13)n2C. The van der Waals surface area contributed by atoms with E-state index in [0.717, 1.165) is 23.3 Å². The second-order valence-corrected chi connectivity index (χ2v) is 10.1. The van der Waals surface area contributed by atoms with Crippen LogP contribution in [0.2, 0.25) is 0 Å². The van der Waals surface area contributed by atoms with Gasteiger partial charge in [-0.05, 0) is 36.2 Å². The number of aromatic amines is 1. The van der Waals surface area contributed by atoms with Crippen molar-refractivity contribution in [3.05, 3.63) is 60.0 Å². The fraction of sp³-hybridized carbons (Fsp3) is 0.304. The van der Waals surface area contributed by atoms with E-state index in [4.69, 9.17) is 0 Å². The van der Waals surface area contributed by atoms with Crippen LogP contribution in [0.1, 0.15) is 17.8 Å². The van der Waals surface area contributed by atoms with Crippen LogP contribution >= 0.6 is 0 Å². The Labute approximate surface area is 187 Å². The fourth-order valence-electron chi connectivity index (χ4n) is 3.81. The Balaban J connectivity index is 1.37. The van der Waals surface area contributed by atoms with Crippen LogP contribution in [0.3, 0.4) is 0 Å². The summed E-state index contributed by atoms with van der Waals surface area (Å²) >= 11 is 0. The zero-order valence-electron chi connectivity index (χ0n) is 18.4. The lowest BCUT2D eigenvalue weighted by Gasteiger charge is -2.10. The highest BCUT2D eigenvalue weighted by atomic mass is 32.2. The first-order valence-corrected chi connectivity index (χ1v) is 11.9. The molecule has 168 valence electrons. The Kier molecular flexibility index (Phi) is 6.03. The summed E-state index contributed by atoms with van der Waals surface area (Å²) in [4.78, 5) is 20.4. The summed E-state index contributed by atoms with van der Waals surface area (Å²) in [5.74, 6) is 0.707. The minimum atomic E-state index is -3.52. The molecule has 4 aromatic rings. The molecule has 2 N–H and O–H groups in total. The standard InChI is InChI=1S/C23H27N5O3S/c1-27(2)32(30,31)17-8-9-21-20(14-17)26-22(28(21)3)10-11-23(29)24-13-12-16-15-25-19-7-5-4-6-18(16)19/h4-9,14-15,25H,10-13H2,1-3H3,(H,24,29). The van der Waals surface area contributed by atoms with Crippen LogP contribution in [0.5, 0.6) is 0 Å². The van der Waals surface area contributed by atoms with Crippen molar-refractivity contribution in [3.8, 4) is 0 Å².